The minimum absolute atomic E-state index is 0.249. The van der Waals surface area contributed by atoms with Crippen molar-refractivity contribution in [2.45, 2.75) is 38.5 Å². The van der Waals surface area contributed by atoms with Crippen molar-refractivity contribution >= 4 is 29.7 Å². The van der Waals surface area contributed by atoms with E-state index in [1.165, 1.54) is 18.3 Å². The number of aliphatic imine (C=N–C) groups is 1. The summed E-state index contributed by atoms with van der Waals surface area (Å²) in [7, 11) is 1.46. The van der Waals surface area contributed by atoms with Crippen LogP contribution in [0.1, 0.15) is 25.3 Å². The van der Waals surface area contributed by atoms with Crippen molar-refractivity contribution in [2.24, 2.45) is 15.5 Å². The minimum Gasteiger partial charge on any atom is -0.378 e. The molecule has 37 heavy (non-hydrogen) atoms. The molecule has 3 amide bonds. The summed E-state index contributed by atoms with van der Waals surface area (Å²) in [6.07, 6.45) is 7.41. The molecule has 1 aliphatic carbocycles. The summed E-state index contributed by atoms with van der Waals surface area (Å²) in [6.45, 7) is 5.80. The number of urea groups is 1. The number of fused-ring (bicyclic) bond motifs is 1. The lowest BCUT2D eigenvalue weighted by atomic mass is 9.87. The highest BCUT2D eigenvalue weighted by Crippen LogP contribution is 2.38. The maximum absolute atomic E-state index is 12.5. The number of hydrazone groups is 1. The van der Waals surface area contributed by atoms with Crippen molar-refractivity contribution in [3.05, 3.63) is 53.5 Å². The van der Waals surface area contributed by atoms with Crippen molar-refractivity contribution in [3.8, 4) is 0 Å². The lowest BCUT2D eigenvalue weighted by Crippen LogP contribution is -2.45. The number of likely N-dealkylation sites (N-methyl/N-ethyl adjacent to an activating group) is 1. The van der Waals surface area contributed by atoms with Crippen LogP contribution in [0.15, 0.2) is 58.0 Å². The maximum Gasteiger partial charge on any atom is 0.328 e. The number of nitrogens with one attached hydrogen (secondary N) is 3. The van der Waals surface area contributed by atoms with E-state index in [0.29, 0.717) is 12.6 Å². The van der Waals surface area contributed by atoms with E-state index in [-0.39, 0.29) is 11.6 Å². The average Bonchev–Trinajstić information content (AvgIpc) is 3.63. The summed E-state index contributed by atoms with van der Waals surface area (Å²) < 4.78 is 5.53. The molecular formula is C26H32N8O3. The van der Waals surface area contributed by atoms with Crippen LogP contribution in [0.4, 0.5) is 10.5 Å². The Labute approximate surface area is 215 Å². The van der Waals surface area contributed by atoms with Crippen molar-refractivity contribution in [3.63, 3.8) is 0 Å². The Morgan fingerprint density at radius 2 is 2.00 bits per heavy atom. The Bertz CT molecular complexity index is 1230. The number of amidine groups is 1. The zero-order valence-corrected chi connectivity index (χ0v) is 21.1. The molecule has 5 aliphatic rings. The van der Waals surface area contributed by atoms with Gasteiger partial charge < -0.3 is 25.6 Å². The van der Waals surface area contributed by atoms with Gasteiger partial charge in [-0.15, -0.1) is 0 Å². The van der Waals surface area contributed by atoms with E-state index >= 15 is 0 Å². The second kappa shape index (κ2) is 9.22. The minimum atomic E-state index is -0.702. The Kier molecular flexibility index (Phi) is 5.86. The van der Waals surface area contributed by atoms with Crippen LogP contribution in [0.5, 0.6) is 0 Å². The molecule has 1 aromatic rings. The molecular weight excluding hydrogens is 472 g/mol. The summed E-state index contributed by atoms with van der Waals surface area (Å²) >= 11 is 0. The number of rotatable bonds is 6. The predicted molar refractivity (Wildman–Crippen MR) is 140 cm³/mol. The summed E-state index contributed by atoms with van der Waals surface area (Å²) in [5.74, 6) is 1.27. The highest BCUT2D eigenvalue weighted by Gasteiger charge is 2.46. The van der Waals surface area contributed by atoms with Crippen LogP contribution in [0, 0.1) is 5.41 Å². The molecule has 3 N–H and O–H groups in total. The van der Waals surface area contributed by atoms with Crippen LogP contribution in [0.25, 0.3) is 0 Å². The molecule has 0 aromatic heterocycles. The van der Waals surface area contributed by atoms with Gasteiger partial charge in [0.25, 0.3) is 5.91 Å². The number of benzene rings is 1. The Balaban J connectivity index is 1.26. The topological polar surface area (TPSA) is 114 Å². The molecule has 2 unspecified atom stereocenters. The van der Waals surface area contributed by atoms with Crippen molar-refractivity contribution in [1.82, 2.24) is 25.9 Å². The van der Waals surface area contributed by atoms with Gasteiger partial charge in [-0.3, -0.25) is 9.69 Å². The van der Waals surface area contributed by atoms with E-state index in [0.717, 1.165) is 55.7 Å². The van der Waals surface area contributed by atoms with Gasteiger partial charge in [-0.05, 0) is 37.5 Å². The van der Waals surface area contributed by atoms with E-state index in [4.69, 9.17) is 9.73 Å². The monoisotopic (exact) mass is 504 g/mol. The molecule has 11 heteroatoms. The maximum atomic E-state index is 12.5. The lowest BCUT2D eigenvalue weighted by Gasteiger charge is -2.35. The van der Waals surface area contributed by atoms with E-state index in [2.05, 4.69) is 50.2 Å². The van der Waals surface area contributed by atoms with Gasteiger partial charge in [-0.2, -0.15) is 5.10 Å². The van der Waals surface area contributed by atoms with E-state index in [9.17, 15) is 9.59 Å². The number of hydrogen-bond donors (Lipinski definition) is 3. The number of carbonyl (C=O) groups is 2. The smallest absolute Gasteiger partial charge is 0.328 e. The predicted octanol–water partition coefficient (Wildman–Crippen LogP) is 1.32. The first-order valence-corrected chi connectivity index (χ1v) is 12.8. The van der Waals surface area contributed by atoms with Gasteiger partial charge in [-0.1, -0.05) is 18.2 Å². The average molecular weight is 505 g/mol. The van der Waals surface area contributed by atoms with Crippen LogP contribution in [0.3, 0.4) is 0 Å². The molecule has 3 fully saturated rings. The van der Waals surface area contributed by atoms with Gasteiger partial charge in [0.1, 0.15) is 17.4 Å². The summed E-state index contributed by atoms with van der Waals surface area (Å²) in [5, 5.41) is 16.3. The van der Waals surface area contributed by atoms with Gasteiger partial charge >= 0.3 is 6.03 Å². The first-order valence-electron chi connectivity index (χ1n) is 12.8. The number of para-hydroxylation sites is 1. The molecule has 1 saturated carbocycles. The number of ether oxygens (including phenoxy) is 1. The Morgan fingerprint density at radius 1 is 1.22 bits per heavy atom. The standard InChI is InChI=1S/C26H32N8O3/c1-26(14-19-23(35)32(2)25(36)30-19)16-28-34-22(29-18-7-8-18)13-21(31-24(26)34)27-15-17-5-3-4-6-20(17)33-9-11-37-12-10-33/h3-6,13-14,16,18,24,29H,7-12,15H2,1-2H3,(H,27,31)(H,30,36)/b19-14-. The van der Waals surface area contributed by atoms with Crippen LogP contribution in [0.2, 0.25) is 0 Å². The number of carbonyl (C=O) groups excluding carboxylic acids is 2. The lowest BCUT2D eigenvalue weighted by molar-refractivity contribution is -0.122. The molecule has 2 saturated heterocycles. The largest absolute Gasteiger partial charge is 0.378 e. The summed E-state index contributed by atoms with van der Waals surface area (Å²) in [4.78, 5) is 33.0. The Morgan fingerprint density at radius 3 is 2.73 bits per heavy atom. The van der Waals surface area contributed by atoms with E-state index < -0.39 is 17.6 Å². The quantitative estimate of drug-likeness (QED) is 0.396. The fraction of sp³-hybridized carbons (Fsp3) is 0.462. The first-order chi connectivity index (χ1) is 17.9. The number of morpholine rings is 1. The van der Waals surface area contributed by atoms with Crippen LogP contribution >= 0.6 is 0 Å². The molecule has 194 valence electrons. The second-order valence-corrected chi connectivity index (χ2v) is 10.2. The summed E-state index contributed by atoms with van der Waals surface area (Å²) in [5.41, 5.74) is 1.94. The van der Waals surface area contributed by atoms with Crippen molar-refractivity contribution < 1.29 is 14.3 Å². The normalized spacial score (nSPS) is 28.3. The molecule has 4 aliphatic heterocycles. The number of imide groups is 1. The van der Waals surface area contributed by atoms with Crippen molar-refractivity contribution in [1.29, 1.82) is 0 Å². The zero-order chi connectivity index (χ0) is 25.6. The molecule has 4 heterocycles. The molecule has 0 radical (unpaired) electrons. The molecule has 6 rings (SSSR count). The number of amides is 3. The zero-order valence-electron chi connectivity index (χ0n) is 21.1. The van der Waals surface area contributed by atoms with Gasteiger partial charge in [0.05, 0.1) is 18.6 Å². The van der Waals surface area contributed by atoms with E-state index in [1.54, 1.807) is 12.3 Å². The third-order valence-electron chi connectivity index (χ3n) is 7.30. The van der Waals surface area contributed by atoms with Crippen LogP contribution in [-0.4, -0.2) is 79.5 Å². The van der Waals surface area contributed by atoms with Crippen LogP contribution in [-0.2, 0) is 16.1 Å². The van der Waals surface area contributed by atoms with Gasteiger partial charge in [0.2, 0.25) is 0 Å². The SMILES string of the molecule is CN1C(=O)N/C(=C\C2(C)C=NN3C(NC4CC4)=CC(NCc4ccccc4N4CCOCC4)=NC32)C1=O. The molecule has 0 bridgehead atoms. The number of hydrogen-bond acceptors (Lipinski definition) is 9. The Hall–Kier alpha value is -3.86. The number of nitrogens with zero attached hydrogens (tertiary/aromatic N) is 5. The van der Waals surface area contributed by atoms with E-state index in [1.807, 2.05) is 18.0 Å². The third kappa shape index (κ3) is 4.55. The summed E-state index contributed by atoms with van der Waals surface area (Å²) in [6, 6.07) is 8.41. The fourth-order valence-electron chi connectivity index (χ4n) is 4.98. The van der Waals surface area contributed by atoms with Crippen molar-refractivity contribution in [2.75, 3.05) is 38.3 Å². The van der Waals surface area contributed by atoms with Gasteiger partial charge in [0.15, 0.2) is 6.17 Å². The fourth-order valence-corrected chi connectivity index (χ4v) is 4.98. The molecule has 0 spiro atoms. The molecule has 11 nitrogen and oxygen atoms in total. The molecule has 2 atom stereocenters. The second-order valence-electron chi connectivity index (χ2n) is 10.2. The number of anilines is 1. The molecule has 1 aromatic carbocycles. The first kappa shape index (κ1) is 23.5. The van der Waals surface area contributed by atoms with Crippen LogP contribution < -0.4 is 20.9 Å². The highest BCUT2D eigenvalue weighted by molar-refractivity contribution is 6.11. The highest BCUT2D eigenvalue weighted by atomic mass is 16.5. The van der Waals surface area contributed by atoms with Gasteiger partial charge in [-0.25, -0.2) is 14.8 Å². The van der Waals surface area contributed by atoms with Gasteiger partial charge in [0, 0.05) is 50.7 Å². The third-order valence-corrected chi connectivity index (χ3v) is 7.30.